The summed E-state index contributed by atoms with van der Waals surface area (Å²) < 4.78 is 0. The molecule has 2 fully saturated rings. The van der Waals surface area contributed by atoms with Gasteiger partial charge in [-0.2, -0.15) is 0 Å². The van der Waals surface area contributed by atoms with Gasteiger partial charge in [0, 0.05) is 0 Å². The van der Waals surface area contributed by atoms with Crippen molar-refractivity contribution in [3.05, 3.63) is 0 Å². The molecule has 0 nitrogen and oxygen atoms in total. The molecule has 2 radical (unpaired) electrons. The van der Waals surface area contributed by atoms with Crippen LogP contribution in [0.3, 0.4) is 0 Å². The molecule has 0 aromatic heterocycles. The summed E-state index contributed by atoms with van der Waals surface area (Å²) in [5, 5.41) is 2.12. The van der Waals surface area contributed by atoms with Gasteiger partial charge in [-0.15, -0.1) is 0 Å². The van der Waals surface area contributed by atoms with Gasteiger partial charge in [0.05, 0.1) is 0 Å². The maximum atomic E-state index is 2.33. The fraction of sp³-hybridized carbons (Fsp3) is 1.00. The van der Waals surface area contributed by atoms with Crippen molar-refractivity contribution in [3.63, 3.8) is 0 Å². The van der Waals surface area contributed by atoms with E-state index in [-0.39, 0.29) is 37.6 Å². The first-order chi connectivity index (χ1) is 7.95. The molecular formula is C8H14S6Sb2. The Kier molecular flexibility index (Phi) is 10.5. The quantitative estimate of drug-likeness (QED) is 0.320. The van der Waals surface area contributed by atoms with Crippen LogP contribution in [0.1, 0.15) is 0 Å². The zero-order valence-corrected chi connectivity index (χ0v) is 18.7. The molecule has 16 heavy (non-hydrogen) atoms. The molecule has 0 amide bonds. The van der Waals surface area contributed by atoms with Crippen molar-refractivity contribution >= 4 is 96.5 Å². The summed E-state index contributed by atoms with van der Waals surface area (Å²) in [7, 11) is 9.27. The third kappa shape index (κ3) is 6.95. The Morgan fingerprint density at radius 3 is 1.56 bits per heavy atom. The van der Waals surface area contributed by atoms with Crippen LogP contribution in [0.2, 0.25) is 0 Å². The molecule has 8 heteroatoms. The van der Waals surface area contributed by atoms with Crippen molar-refractivity contribution in [2.45, 2.75) is 10.5 Å². The van der Waals surface area contributed by atoms with Crippen molar-refractivity contribution in [2.75, 3.05) is 34.5 Å². The summed E-state index contributed by atoms with van der Waals surface area (Å²) in [6, 6.07) is 0. The second kappa shape index (κ2) is 10.5. The summed E-state index contributed by atoms with van der Waals surface area (Å²) >= 11 is 4.41. The number of hydrogen-bond donors (Lipinski definition) is 0. The number of hydrogen-bond acceptors (Lipinski definition) is 6. The molecule has 0 bridgehead atoms. The molecule has 92 valence electrons. The molecule has 2 heterocycles. The third-order valence-electron chi connectivity index (χ3n) is 1.97. The van der Waals surface area contributed by atoms with Crippen LogP contribution in [-0.4, -0.2) is 82.6 Å². The minimum atomic E-state index is 0.0814. The van der Waals surface area contributed by atoms with E-state index in [2.05, 4.69) is 58.9 Å². The molecule has 2 saturated heterocycles. The Morgan fingerprint density at radius 2 is 1.25 bits per heavy atom. The number of rotatable bonds is 9. The Morgan fingerprint density at radius 1 is 0.812 bits per heavy atom. The molecule has 0 spiro atoms. The van der Waals surface area contributed by atoms with Crippen LogP contribution >= 0.6 is 58.9 Å². The fourth-order valence-corrected chi connectivity index (χ4v) is 29.8. The van der Waals surface area contributed by atoms with E-state index in [9.17, 15) is 0 Å². The van der Waals surface area contributed by atoms with Gasteiger partial charge in [0.1, 0.15) is 0 Å². The summed E-state index contributed by atoms with van der Waals surface area (Å²) in [5.74, 6) is 8.67. The van der Waals surface area contributed by atoms with E-state index in [0.717, 1.165) is 10.5 Å². The summed E-state index contributed by atoms with van der Waals surface area (Å²) in [5.41, 5.74) is 0. The summed E-state index contributed by atoms with van der Waals surface area (Å²) in [6.45, 7) is 0. The summed E-state index contributed by atoms with van der Waals surface area (Å²) in [4.78, 5) is 0. The Hall–Kier alpha value is 3.74. The van der Waals surface area contributed by atoms with Crippen molar-refractivity contribution in [2.24, 2.45) is 0 Å². The summed E-state index contributed by atoms with van der Waals surface area (Å²) in [6.07, 6.45) is 0. The van der Waals surface area contributed by atoms with Gasteiger partial charge < -0.3 is 0 Å². The molecule has 0 aromatic carbocycles. The van der Waals surface area contributed by atoms with Gasteiger partial charge in [-0.25, -0.2) is 0 Å². The van der Waals surface area contributed by atoms with E-state index >= 15 is 0 Å². The molecule has 0 N–H and O–H groups in total. The van der Waals surface area contributed by atoms with Crippen LogP contribution in [-0.2, 0) is 0 Å². The molecule has 2 aliphatic heterocycles. The van der Waals surface area contributed by atoms with Crippen LogP contribution in [0.5, 0.6) is 0 Å². The molecule has 0 aliphatic carbocycles. The van der Waals surface area contributed by atoms with Crippen LogP contribution in [0.4, 0.5) is 0 Å². The van der Waals surface area contributed by atoms with E-state index in [0.29, 0.717) is 0 Å². The topological polar surface area (TPSA) is 0 Å². The molecule has 0 atom stereocenters. The van der Waals surface area contributed by atoms with Crippen molar-refractivity contribution in [3.8, 4) is 0 Å². The van der Waals surface area contributed by atoms with Crippen LogP contribution in [0, 0.1) is 0 Å². The predicted octanol–water partition coefficient (Wildman–Crippen LogP) is 3.22. The Balaban J connectivity index is 1.27. The van der Waals surface area contributed by atoms with Gasteiger partial charge in [-0.05, 0) is 0 Å². The van der Waals surface area contributed by atoms with E-state index in [1.54, 1.807) is 0 Å². The standard InChI is InChI=1S/2C3H6S2.C2H6S2.2Sb/c2*4-3-1-5-2-3;3-1-2-4;;/h2*3-4H,1-2H2;3-4H,1-2H2;;/q;;;2*+2/p-4. The molecule has 0 unspecified atom stereocenters. The molecule has 0 aromatic rings. The molecule has 2 aliphatic rings. The van der Waals surface area contributed by atoms with Crippen LogP contribution in [0.25, 0.3) is 0 Å². The molecule has 2 rings (SSSR count). The van der Waals surface area contributed by atoms with Gasteiger partial charge in [0.15, 0.2) is 0 Å². The zero-order valence-electron chi connectivity index (χ0n) is 8.74. The average Bonchev–Trinajstić information content (AvgIpc) is 2.15. The monoisotopic (exact) mass is 544 g/mol. The molecular weight excluding hydrogens is 532 g/mol. The number of thioether (sulfide) groups is 2. The average molecular weight is 546 g/mol. The van der Waals surface area contributed by atoms with Crippen molar-refractivity contribution in [1.82, 2.24) is 0 Å². The van der Waals surface area contributed by atoms with Gasteiger partial charge in [0.25, 0.3) is 0 Å². The van der Waals surface area contributed by atoms with E-state index < -0.39 is 0 Å². The fourth-order valence-electron chi connectivity index (χ4n) is 0.882. The van der Waals surface area contributed by atoms with Gasteiger partial charge >= 0.3 is 142 Å². The van der Waals surface area contributed by atoms with Gasteiger partial charge in [-0.3, -0.25) is 0 Å². The van der Waals surface area contributed by atoms with Gasteiger partial charge in [-0.1, -0.05) is 0 Å². The van der Waals surface area contributed by atoms with Crippen LogP contribution in [0.15, 0.2) is 0 Å². The van der Waals surface area contributed by atoms with Crippen LogP contribution < -0.4 is 0 Å². The van der Waals surface area contributed by atoms with E-state index in [1.165, 1.54) is 34.5 Å². The first-order valence-corrected chi connectivity index (χ1v) is 23.4. The minimum absolute atomic E-state index is 0.0814. The first kappa shape index (κ1) is 16.1. The predicted molar refractivity (Wildman–Crippen MR) is 93.8 cm³/mol. The maximum absolute atomic E-state index is 2.33. The Bertz CT molecular complexity index is 167. The van der Waals surface area contributed by atoms with Crippen molar-refractivity contribution < 1.29 is 0 Å². The van der Waals surface area contributed by atoms with Crippen molar-refractivity contribution in [1.29, 1.82) is 0 Å². The van der Waals surface area contributed by atoms with E-state index in [1.807, 2.05) is 0 Å². The third-order valence-corrected chi connectivity index (χ3v) is 27.3. The SMILES string of the molecule is C(C[S][Sb][S]C1CSC1)[S][Sb][S]C1CSC1. The first-order valence-electron chi connectivity index (χ1n) is 5.07. The van der Waals surface area contributed by atoms with Gasteiger partial charge in [0.2, 0.25) is 0 Å². The zero-order chi connectivity index (χ0) is 11.1. The molecule has 0 saturated carbocycles. The second-order valence-electron chi connectivity index (χ2n) is 3.35. The second-order valence-corrected chi connectivity index (χ2v) is 25.5. The normalized spacial score (nSPS) is 21.8. The van der Waals surface area contributed by atoms with E-state index in [4.69, 9.17) is 0 Å². The Labute approximate surface area is 139 Å².